The highest BCUT2D eigenvalue weighted by Gasteiger charge is 2.24. The van der Waals surface area contributed by atoms with Crippen molar-refractivity contribution < 1.29 is 9.47 Å². The van der Waals surface area contributed by atoms with E-state index in [1.54, 1.807) is 0 Å². The molecule has 0 atom stereocenters. The van der Waals surface area contributed by atoms with Gasteiger partial charge in [-0.25, -0.2) is 0 Å². The van der Waals surface area contributed by atoms with Crippen LogP contribution in [0.2, 0.25) is 0 Å². The van der Waals surface area contributed by atoms with Crippen LogP contribution in [0.25, 0.3) is 0 Å². The van der Waals surface area contributed by atoms with Crippen LogP contribution in [-0.2, 0) is 0 Å². The SMILES string of the molecule is CN(c1ccc2c(c1)OCCO2)C(C)(C)C#N. The van der Waals surface area contributed by atoms with Gasteiger partial charge in [0.2, 0.25) is 0 Å². The highest BCUT2D eigenvalue weighted by molar-refractivity contribution is 5.58. The topological polar surface area (TPSA) is 45.5 Å². The molecule has 0 bridgehead atoms. The molecule has 0 radical (unpaired) electrons. The van der Waals surface area contributed by atoms with Gasteiger partial charge < -0.3 is 14.4 Å². The zero-order valence-corrected chi connectivity index (χ0v) is 10.4. The molecule has 0 saturated carbocycles. The van der Waals surface area contributed by atoms with Crippen molar-refractivity contribution >= 4 is 5.69 Å². The van der Waals surface area contributed by atoms with E-state index >= 15 is 0 Å². The molecule has 1 aromatic carbocycles. The quantitative estimate of drug-likeness (QED) is 0.784. The lowest BCUT2D eigenvalue weighted by Gasteiger charge is -2.32. The molecule has 2 rings (SSSR count). The molecule has 4 nitrogen and oxygen atoms in total. The van der Waals surface area contributed by atoms with E-state index < -0.39 is 5.54 Å². The number of hydrogen-bond acceptors (Lipinski definition) is 4. The van der Waals surface area contributed by atoms with Gasteiger partial charge in [0.05, 0.1) is 6.07 Å². The van der Waals surface area contributed by atoms with E-state index in [2.05, 4.69) is 6.07 Å². The van der Waals surface area contributed by atoms with Crippen molar-refractivity contribution in [3.05, 3.63) is 18.2 Å². The molecule has 0 saturated heterocycles. The minimum atomic E-state index is -0.552. The summed E-state index contributed by atoms with van der Waals surface area (Å²) < 4.78 is 11.0. The average molecular weight is 232 g/mol. The van der Waals surface area contributed by atoms with Crippen molar-refractivity contribution in [2.24, 2.45) is 0 Å². The number of fused-ring (bicyclic) bond motifs is 1. The van der Waals surface area contributed by atoms with Crippen LogP contribution in [0.15, 0.2) is 18.2 Å². The van der Waals surface area contributed by atoms with Crippen molar-refractivity contribution in [1.29, 1.82) is 5.26 Å². The van der Waals surface area contributed by atoms with Crippen molar-refractivity contribution in [3.63, 3.8) is 0 Å². The summed E-state index contributed by atoms with van der Waals surface area (Å²) in [7, 11) is 1.90. The third kappa shape index (κ3) is 2.14. The lowest BCUT2D eigenvalue weighted by Crippen LogP contribution is -2.39. The van der Waals surface area contributed by atoms with E-state index in [-0.39, 0.29) is 0 Å². The Kier molecular flexibility index (Phi) is 2.84. The first kappa shape index (κ1) is 11.6. The number of benzene rings is 1. The summed E-state index contributed by atoms with van der Waals surface area (Å²) in [6.45, 7) is 4.92. The molecule has 1 aliphatic rings. The summed E-state index contributed by atoms with van der Waals surface area (Å²) in [5.74, 6) is 1.51. The maximum atomic E-state index is 9.12. The molecule has 90 valence electrons. The van der Waals surface area contributed by atoms with Crippen molar-refractivity contribution in [2.45, 2.75) is 19.4 Å². The molecule has 0 unspecified atom stereocenters. The third-order valence-corrected chi connectivity index (χ3v) is 3.03. The molecule has 0 spiro atoms. The van der Waals surface area contributed by atoms with Crippen LogP contribution in [0.1, 0.15) is 13.8 Å². The Morgan fingerprint density at radius 1 is 1.24 bits per heavy atom. The molecule has 0 fully saturated rings. The summed E-state index contributed by atoms with van der Waals surface area (Å²) >= 11 is 0. The smallest absolute Gasteiger partial charge is 0.163 e. The second-order valence-corrected chi connectivity index (χ2v) is 4.56. The molecule has 1 heterocycles. The Morgan fingerprint density at radius 3 is 2.53 bits per heavy atom. The van der Waals surface area contributed by atoms with Crippen molar-refractivity contribution in [1.82, 2.24) is 0 Å². The summed E-state index contributed by atoms with van der Waals surface area (Å²) in [6.07, 6.45) is 0. The van der Waals surface area contributed by atoms with E-state index in [0.717, 1.165) is 17.2 Å². The van der Waals surface area contributed by atoms with Gasteiger partial charge in [0.1, 0.15) is 18.8 Å². The number of ether oxygens (including phenoxy) is 2. The monoisotopic (exact) mass is 232 g/mol. The van der Waals surface area contributed by atoms with E-state index in [1.165, 1.54) is 0 Å². The second-order valence-electron chi connectivity index (χ2n) is 4.56. The number of hydrogen-bond donors (Lipinski definition) is 0. The highest BCUT2D eigenvalue weighted by Crippen LogP contribution is 2.35. The van der Waals surface area contributed by atoms with E-state index in [0.29, 0.717) is 13.2 Å². The van der Waals surface area contributed by atoms with Gasteiger partial charge in [-0.2, -0.15) is 5.26 Å². The van der Waals surface area contributed by atoms with E-state index in [1.807, 2.05) is 44.0 Å². The third-order valence-electron chi connectivity index (χ3n) is 3.03. The standard InChI is InChI=1S/C13H16N2O2/c1-13(2,9-14)15(3)10-4-5-11-12(8-10)17-7-6-16-11/h4-5,8H,6-7H2,1-3H3. The lowest BCUT2D eigenvalue weighted by atomic mass is 10.0. The van der Waals surface area contributed by atoms with Crippen LogP contribution in [0.4, 0.5) is 5.69 Å². The Hall–Kier alpha value is -1.89. The van der Waals surface area contributed by atoms with Gasteiger partial charge in [-0.3, -0.25) is 0 Å². The zero-order valence-electron chi connectivity index (χ0n) is 10.4. The summed E-state index contributed by atoms with van der Waals surface area (Å²) in [5, 5.41) is 9.12. The van der Waals surface area contributed by atoms with Gasteiger partial charge >= 0.3 is 0 Å². The van der Waals surface area contributed by atoms with Gasteiger partial charge in [-0.1, -0.05) is 0 Å². The Balaban J connectivity index is 2.32. The minimum absolute atomic E-state index is 0.552. The van der Waals surface area contributed by atoms with E-state index in [9.17, 15) is 0 Å². The lowest BCUT2D eigenvalue weighted by molar-refractivity contribution is 0.171. The molecule has 0 aliphatic carbocycles. The minimum Gasteiger partial charge on any atom is -0.486 e. The van der Waals surface area contributed by atoms with Crippen LogP contribution < -0.4 is 14.4 Å². The molecule has 1 aliphatic heterocycles. The molecular formula is C13H16N2O2. The van der Waals surface area contributed by atoms with Crippen LogP contribution in [0, 0.1) is 11.3 Å². The number of anilines is 1. The first-order chi connectivity index (χ1) is 8.04. The summed E-state index contributed by atoms with van der Waals surface area (Å²) in [4.78, 5) is 1.92. The van der Waals surface area contributed by atoms with E-state index in [4.69, 9.17) is 14.7 Å². The van der Waals surface area contributed by atoms with Crippen LogP contribution >= 0.6 is 0 Å². The van der Waals surface area contributed by atoms with Crippen LogP contribution in [0.3, 0.4) is 0 Å². The predicted molar refractivity (Wildman–Crippen MR) is 65.5 cm³/mol. The van der Waals surface area contributed by atoms with Crippen molar-refractivity contribution in [3.8, 4) is 17.6 Å². The van der Waals surface area contributed by atoms with Gasteiger partial charge in [0.25, 0.3) is 0 Å². The Labute approximate surface area is 101 Å². The first-order valence-corrected chi connectivity index (χ1v) is 5.59. The number of nitriles is 1. The van der Waals surface area contributed by atoms with Gasteiger partial charge in [-0.15, -0.1) is 0 Å². The fourth-order valence-corrected chi connectivity index (χ4v) is 1.64. The molecule has 0 amide bonds. The van der Waals surface area contributed by atoms with Gasteiger partial charge in [-0.05, 0) is 26.0 Å². The Bertz CT molecular complexity index is 463. The molecular weight excluding hydrogens is 216 g/mol. The van der Waals surface area contributed by atoms with Gasteiger partial charge in [0, 0.05) is 18.8 Å². The molecule has 0 aromatic heterocycles. The predicted octanol–water partition coefficient (Wildman–Crippen LogP) is 2.20. The largest absolute Gasteiger partial charge is 0.486 e. The molecule has 0 N–H and O–H groups in total. The van der Waals surface area contributed by atoms with Crippen molar-refractivity contribution in [2.75, 3.05) is 25.2 Å². The normalized spacial score (nSPS) is 14.0. The number of nitrogens with zero attached hydrogens (tertiary/aromatic N) is 2. The highest BCUT2D eigenvalue weighted by atomic mass is 16.6. The maximum Gasteiger partial charge on any atom is 0.163 e. The second kappa shape index (κ2) is 4.17. The fraction of sp³-hybridized carbons (Fsp3) is 0.462. The summed E-state index contributed by atoms with van der Waals surface area (Å²) in [5.41, 5.74) is 0.393. The fourth-order valence-electron chi connectivity index (χ4n) is 1.64. The maximum absolute atomic E-state index is 9.12. The zero-order chi connectivity index (χ0) is 12.5. The van der Waals surface area contributed by atoms with Gasteiger partial charge in [0.15, 0.2) is 11.5 Å². The average Bonchev–Trinajstić information content (AvgIpc) is 2.37. The number of rotatable bonds is 2. The molecule has 4 heteroatoms. The van der Waals surface area contributed by atoms with Crippen LogP contribution in [0.5, 0.6) is 11.5 Å². The first-order valence-electron chi connectivity index (χ1n) is 5.59. The Morgan fingerprint density at radius 2 is 1.88 bits per heavy atom. The molecule has 17 heavy (non-hydrogen) atoms. The molecule has 1 aromatic rings. The summed E-state index contributed by atoms with van der Waals surface area (Å²) in [6, 6.07) is 8.00. The van der Waals surface area contributed by atoms with Crippen LogP contribution in [-0.4, -0.2) is 25.8 Å².